The zero-order chi connectivity index (χ0) is 38.8. The Morgan fingerprint density at radius 3 is 1.27 bits per heavy atom. The van der Waals surface area contributed by atoms with Crippen molar-refractivity contribution in [3.63, 3.8) is 0 Å². The maximum absolute atomic E-state index is 13.4. The van der Waals surface area contributed by atoms with Gasteiger partial charge < -0.3 is 34.6 Å². The summed E-state index contributed by atoms with van der Waals surface area (Å²) < 4.78 is 95.9. The molecule has 17 heteroatoms. The molecule has 0 aliphatic rings. The van der Waals surface area contributed by atoms with E-state index in [4.69, 9.17) is 19.7 Å². The van der Waals surface area contributed by atoms with Crippen LogP contribution in [0.4, 0.5) is 26.3 Å². The van der Waals surface area contributed by atoms with E-state index in [0.717, 1.165) is 14.2 Å². The summed E-state index contributed by atoms with van der Waals surface area (Å²) in [5.41, 5.74) is -7.95. The van der Waals surface area contributed by atoms with E-state index >= 15 is 0 Å². The van der Waals surface area contributed by atoms with Crippen molar-refractivity contribution in [2.24, 2.45) is 0 Å². The van der Waals surface area contributed by atoms with Gasteiger partial charge in [0.15, 0.2) is 11.2 Å². The zero-order valence-corrected chi connectivity index (χ0v) is 31.3. The Hall–Kier alpha value is -2.60. The van der Waals surface area contributed by atoms with Crippen LogP contribution in [-0.4, -0.2) is 84.4 Å². The summed E-state index contributed by atoms with van der Waals surface area (Å²) >= 11 is 6.52. The third-order valence-electron chi connectivity index (χ3n) is 7.41. The SMILES string of the molecule is CO.COC(=O)C[C@](O)(CC(C)(C)c1cc(Br)ccc1OC)C(F)(F)F.COc1ccc(Br)cc1C(C)(C)C[C@@](O)(CC(=O)O)C(F)(F)F. The Morgan fingerprint density at radius 1 is 0.673 bits per heavy atom. The lowest BCUT2D eigenvalue weighted by Gasteiger charge is -2.37. The Kier molecular flexibility index (Phi) is 17.1. The number of esters is 1. The van der Waals surface area contributed by atoms with Gasteiger partial charge >= 0.3 is 24.3 Å². The molecule has 0 fully saturated rings. The second-order valence-electron chi connectivity index (χ2n) is 12.2. The number of hydrogen-bond donors (Lipinski definition) is 4. The molecule has 0 radical (unpaired) electrons. The van der Waals surface area contributed by atoms with Gasteiger partial charge in [-0.3, -0.25) is 9.59 Å². The van der Waals surface area contributed by atoms with Crippen molar-refractivity contribution in [2.45, 2.75) is 87.8 Å². The molecule has 0 aliphatic carbocycles. The van der Waals surface area contributed by atoms with Crippen molar-refractivity contribution in [1.82, 2.24) is 0 Å². The van der Waals surface area contributed by atoms with Crippen LogP contribution in [0.25, 0.3) is 0 Å². The van der Waals surface area contributed by atoms with Gasteiger partial charge in [-0.15, -0.1) is 0 Å². The first-order chi connectivity index (χ1) is 22.2. The number of hydrogen-bond acceptors (Lipinski definition) is 8. The quantitative estimate of drug-likeness (QED) is 0.126. The second kappa shape index (κ2) is 18.1. The van der Waals surface area contributed by atoms with Crippen LogP contribution in [0.1, 0.15) is 64.5 Å². The number of rotatable bonds is 12. The van der Waals surface area contributed by atoms with E-state index in [1.54, 1.807) is 50.2 Å². The first-order valence-electron chi connectivity index (χ1n) is 14.2. The first-order valence-corrected chi connectivity index (χ1v) is 15.8. The molecule has 0 bridgehead atoms. The van der Waals surface area contributed by atoms with Gasteiger partial charge in [-0.1, -0.05) is 59.6 Å². The molecular formula is C32H42Br2F6O9. The largest absolute Gasteiger partial charge is 0.496 e. The van der Waals surface area contributed by atoms with Crippen LogP contribution >= 0.6 is 31.9 Å². The average Bonchev–Trinajstić information content (AvgIpc) is 2.96. The zero-order valence-electron chi connectivity index (χ0n) is 28.1. The van der Waals surface area contributed by atoms with E-state index in [9.17, 15) is 46.1 Å². The predicted octanol–water partition coefficient (Wildman–Crippen LogP) is 7.48. The third kappa shape index (κ3) is 12.9. The Labute approximate surface area is 297 Å². The second-order valence-corrected chi connectivity index (χ2v) is 14.0. The molecule has 9 nitrogen and oxygen atoms in total. The van der Waals surface area contributed by atoms with Crippen molar-refractivity contribution < 1.29 is 70.6 Å². The molecule has 4 N–H and O–H groups in total. The van der Waals surface area contributed by atoms with E-state index in [1.165, 1.54) is 28.1 Å². The van der Waals surface area contributed by atoms with E-state index in [1.807, 2.05) is 0 Å². The number of ether oxygens (including phenoxy) is 3. The summed E-state index contributed by atoms with van der Waals surface area (Å²) in [5.74, 6) is -2.10. The molecule has 0 aliphatic heterocycles. The highest BCUT2D eigenvalue weighted by molar-refractivity contribution is 9.10. The Balaban J connectivity index is 0.000000896. The molecule has 0 amide bonds. The monoisotopic (exact) mass is 842 g/mol. The van der Waals surface area contributed by atoms with Crippen LogP contribution in [0.2, 0.25) is 0 Å². The Morgan fingerprint density at radius 2 is 1.00 bits per heavy atom. The number of carboxylic acid groups (broad SMARTS) is 1. The minimum Gasteiger partial charge on any atom is -0.496 e. The standard InChI is InChI=1S/C16H20BrF3O4.C15H18BrF3O4.CH4O/c1-14(2,11-7-10(17)5-6-12(11)23-3)9-15(22,16(18,19)20)8-13(21)24-4;1-13(2,10-6-9(16)4-5-11(10)23-3)8-14(22,7-12(20)21)15(17,18)19;1-2/h5-7,22H,8-9H2,1-4H3;4-6,22H,7-8H2,1-3H3,(H,20,21);2H,1H3/t15-;14-;/m00./s1. The van der Waals surface area contributed by atoms with Gasteiger partial charge in [0.05, 0.1) is 34.2 Å². The van der Waals surface area contributed by atoms with Crippen molar-refractivity contribution in [1.29, 1.82) is 0 Å². The number of carbonyl (C=O) groups is 2. The molecular weight excluding hydrogens is 802 g/mol. The van der Waals surface area contributed by atoms with Gasteiger partial charge in [0.25, 0.3) is 0 Å². The first kappa shape index (κ1) is 46.4. The maximum atomic E-state index is 13.4. The smallest absolute Gasteiger partial charge is 0.417 e. The number of halogens is 8. The highest BCUT2D eigenvalue weighted by atomic mass is 79.9. The van der Waals surface area contributed by atoms with Gasteiger partial charge in [-0.2, -0.15) is 26.3 Å². The Bertz CT molecular complexity index is 1400. The van der Waals surface area contributed by atoms with Gasteiger partial charge in [0.2, 0.25) is 0 Å². The number of aliphatic carboxylic acids is 1. The number of aliphatic hydroxyl groups is 3. The van der Waals surface area contributed by atoms with E-state index in [-0.39, 0.29) is 0 Å². The fraction of sp³-hybridized carbons (Fsp3) is 0.562. The summed E-state index contributed by atoms with van der Waals surface area (Å²) in [5, 5.41) is 35.9. The number of benzene rings is 2. The normalized spacial score (nSPS) is 14.5. The van der Waals surface area contributed by atoms with E-state index < -0.39 is 72.0 Å². The summed E-state index contributed by atoms with van der Waals surface area (Å²) in [7, 11) is 4.77. The summed E-state index contributed by atoms with van der Waals surface area (Å²) in [6.45, 7) is 6.09. The number of aliphatic hydroxyl groups excluding tert-OH is 1. The van der Waals surface area contributed by atoms with Gasteiger partial charge in [-0.05, 0) is 60.1 Å². The number of carboxylic acids is 1. The van der Waals surface area contributed by atoms with Gasteiger partial charge in [-0.25, -0.2) is 0 Å². The van der Waals surface area contributed by atoms with Crippen molar-refractivity contribution in [3.05, 3.63) is 56.5 Å². The predicted molar refractivity (Wildman–Crippen MR) is 176 cm³/mol. The molecule has 0 saturated heterocycles. The molecule has 2 atom stereocenters. The highest BCUT2D eigenvalue weighted by Gasteiger charge is 2.58. The highest BCUT2D eigenvalue weighted by Crippen LogP contribution is 2.47. The number of carbonyl (C=O) groups excluding carboxylic acids is 1. The molecule has 280 valence electrons. The lowest BCUT2D eigenvalue weighted by atomic mass is 9.73. The summed E-state index contributed by atoms with van der Waals surface area (Å²) in [6.07, 6.45) is -14.2. The molecule has 0 heterocycles. The summed E-state index contributed by atoms with van der Waals surface area (Å²) in [6, 6.07) is 9.80. The summed E-state index contributed by atoms with van der Waals surface area (Å²) in [4.78, 5) is 22.1. The molecule has 2 aromatic carbocycles. The molecule has 0 aromatic heterocycles. The van der Waals surface area contributed by atoms with Crippen molar-refractivity contribution >= 4 is 43.8 Å². The molecule has 0 saturated carbocycles. The van der Waals surface area contributed by atoms with Crippen LogP contribution in [-0.2, 0) is 25.2 Å². The van der Waals surface area contributed by atoms with Crippen LogP contribution < -0.4 is 9.47 Å². The lowest BCUT2D eigenvalue weighted by molar-refractivity contribution is -0.269. The molecule has 0 spiro atoms. The van der Waals surface area contributed by atoms with Gasteiger partial charge in [0, 0.05) is 27.2 Å². The lowest BCUT2D eigenvalue weighted by Crippen LogP contribution is -2.50. The van der Waals surface area contributed by atoms with Crippen LogP contribution in [0.15, 0.2) is 45.3 Å². The van der Waals surface area contributed by atoms with E-state index in [0.29, 0.717) is 31.6 Å². The molecule has 0 unspecified atom stereocenters. The topological polar surface area (TPSA) is 143 Å². The average molecular weight is 844 g/mol. The van der Waals surface area contributed by atoms with Crippen molar-refractivity contribution in [2.75, 3.05) is 28.4 Å². The minimum atomic E-state index is -5.07. The van der Waals surface area contributed by atoms with Crippen molar-refractivity contribution in [3.8, 4) is 11.5 Å². The molecule has 2 rings (SSSR count). The fourth-order valence-corrected chi connectivity index (χ4v) is 5.88. The molecule has 49 heavy (non-hydrogen) atoms. The third-order valence-corrected chi connectivity index (χ3v) is 8.40. The maximum Gasteiger partial charge on any atom is 0.417 e. The van der Waals surface area contributed by atoms with Crippen LogP contribution in [0, 0.1) is 0 Å². The van der Waals surface area contributed by atoms with Crippen LogP contribution in [0.5, 0.6) is 11.5 Å². The minimum absolute atomic E-state index is 0.359. The molecule has 2 aromatic rings. The number of methoxy groups -OCH3 is 3. The fourth-order valence-electron chi connectivity index (χ4n) is 5.16. The van der Waals surface area contributed by atoms with Gasteiger partial charge in [0.1, 0.15) is 11.5 Å². The van der Waals surface area contributed by atoms with E-state index in [2.05, 4.69) is 36.6 Å². The number of alkyl halides is 6. The van der Waals surface area contributed by atoms with Crippen LogP contribution in [0.3, 0.4) is 0 Å².